The highest BCUT2D eigenvalue weighted by Gasteiger charge is 2.22. The third kappa shape index (κ3) is 3.20. The molecule has 0 heterocycles. The Bertz CT molecular complexity index is 390. The van der Waals surface area contributed by atoms with E-state index in [9.17, 15) is 9.90 Å². The third-order valence-corrected chi connectivity index (χ3v) is 2.83. The molecule has 0 bridgehead atoms. The molecule has 0 aliphatic carbocycles. The molecule has 0 saturated heterocycles. The molecule has 1 aromatic carbocycles. The minimum absolute atomic E-state index is 0.344. The molecular formula is C13H19NO3. The molecule has 0 spiro atoms. The molecule has 0 aromatic heterocycles. The van der Waals surface area contributed by atoms with Crippen molar-refractivity contribution in [2.24, 2.45) is 5.73 Å². The minimum Gasteiger partial charge on any atom is -0.496 e. The van der Waals surface area contributed by atoms with E-state index >= 15 is 0 Å². The summed E-state index contributed by atoms with van der Waals surface area (Å²) in [5.41, 5.74) is 7.28. The maximum Gasteiger partial charge on any atom is 0.311 e. The van der Waals surface area contributed by atoms with E-state index in [-0.39, 0.29) is 0 Å². The fourth-order valence-corrected chi connectivity index (χ4v) is 1.85. The average molecular weight is 237 g/mol. The van der Waals surface area contributed by atoms with Crippen LogP contribution in [-0.2, 0) is 11.2 Å². The van der Waals surface area contributed by atoms with Crippen LogP contribution in [-0.4, -0.2) is 24.7 Å². The molecule has 94 valence electrons. The third-order valence-electron chi connectivity index (χ3n) is 2.83. The number of aliphatic carboxylic acids is 1. The van der Waals surface area contributed by atoms with Gasteiger partial charge in [0.2, 0.25) is 0 Å². The van der Waals surface area contributed by atoms with Crippen molar-refractivity contribution in [2.75, 3.05) is 13.7 Å². The molecule has 0 aliphatic heterocycles. The summed E-state index contributed by atoms with van der Waals surface area (Å²) in [6, 6.07) is 5.66. The summed E-state index contributed by atoms with van der Waals surface area (Å²) in [6.45, 7) is 2.38. The first-order valence-electron chi connectivity index (χ1n) is 5.73. The molecule has 0 radical (unpaired) electrons. The SMILES string of the molecule is CCc1ccc(OC)c(C(CCN)C(=O)O)c1. The summed E-state index contributed by atoms with van der Waals surface area (Å²) in [7, 11) is 1.55. The van der Waals surface area contributed by atoms with Gasteiger partial charge < -0.3 is 15.6 Å². The van der Waals surface area contributed by atoms with Gasteiger partial charge in [-0.15, -0.1) is 0 Å². The maximum atomic E-state index is 11.2. The summed E-state index contributed by atoms with van der Waals surface area (Å²) >= 11 is 0. The Labute approximate surface area is 101 Å². The van der Waals surface area contributed by atoms with Crippen LogP contribution < -0.4 is 10.5 Å². The molecule has 1 unspecified atom stereocenters. The molecule has 4 heteroatoms. The average Bonchev–Trinajstić information content (AvgIpc) is 2.34. The number of carboxylic acid groups (broad SMARTS) is 1. The van der Waals surface area contributed by atoms with Gasteiger partial charge in [0.15, 0.2) is 0 Å². The predicted molar refractivity (Wildman–Crippen MR) is 66.4 cm³/mol. The molecule has 0 amide bonds. The monoisotopic (exact) mass is 237 g/mol. The van der Waals surface area contributed by atoms with Gasteiger partial charge in [-0.1, -0.05) is 19.1 Å². The van der Waals surface area contributed by atoms with E-state index in [2.05, 4.69) is 0 Å². The van der Waals surface area contributed by atoms with E-state index in [0.717, 1.165) is 12.0 Å². The second kappa shape index (κ2) is 6.25. The van der Waals surface area contributed by atoms with Crippen LogP contribution >= 0.6 is 0 Å². The molecule has 4 nitrogen and oxygen atoms in total. The van der Waals surface area contributed by atoms with Gasteiger partial charge in [0.05, 0.1) is 13.0 Å². The van der Waals surface area contributed by atoms with Gasteiger partial charge in [-0.05, 0) is 31.0 Å². The second-order valence-corrected chi connectivity index (χ2v) is 3.90. The van der Waals surface area contributed by atoms with Crippen LogP contribution in [0.5, 0.6) is 5.75 Å². The van der Waals surface area contributed by atoms with Crippen LogP contribution in [0.4, 0.5) is 0 Å². The van der Waals surface area contributed by atoms with Crippen molar-refractivity contribution < 1.29 is 14.6 Å². The van der Waals surface area contributed by atoms with E-state index in [1.54, 1.807) is 7.11 Å². The first kappa shape index (κ1) is 13.5. The van der Waals surface area contributed by atoms with Crippen LogP contribution in [0.15, 0.2) is 18.2 Å². The highest BCUT2D eigenvalue weighted by molar-refractivity contribution is 5.77. The molecule has 0 aliphatic rings. The Morgan fingerprint density at radius 3 is 2.71 bits per heavy atom. The van der Waals surface area contributed by atoms with Crippen LogP contribution in [0.3, 0.4) is 0 Å². The zero-order valence-corrected chi connectivity index (χ0v) is 10.3. The Balaban J connectivity index is 3.18. The lowest BCUT2D eigenvalue weighted by atomic mass is 9.93. The molecule has 17 heavy (non-hydrogen) atoms. The zero-order chi connectivity index (χ0) is 12.8. The quantitative estimate of drug-likeness (QED) is 0.791. The highest BCUT2D eigenvalue weighted by Crippen LogP contribution is 2.30. The van der Waals surface area contributed by atoms with Crippen LogP contribution in [0.25, 0.3) is 0 Å². The Kier molecular flexibility index (Phi) is 4.97. The van der Waals surface area contributed by atoms with E-state index < -0.39 is 11.9 Å². The second-order valence-electron chi connectivity index (χ2n) is 3.90. The van der Waals surface area contributed by atoms with Gasteiger partial charge in [-0.2, -0.15) is 0 Å². The maximum absolute atomic E-state index is 11.2. The lowest BCUT2D eigenvalue weighted by Crippen LogP contribution is -2.17. The van der Waals surface area contributed by atoms with Gasteiger partial charge >= 0.3 is 5.97 Å². The molecular weight excluding hydrogens is 218 g/mol. The number of carboxylic acids is 1. The Morgan fingerprint density at radius 1 is 1.53 bits per heavy atom. The van der Waals surface area contributed by atoms with Crippen molar-refractivity contribution in [3.63, 3.8) is 0 Å². The molecule has 1 rings (SSSR count). The number of carbonyl (C=O) groups is 1. The standard InChI is InChI=1S/C13H19NO3/c1-3-9-4-5-12(17-2)11(8-9)10(6-7-14)13(15)16/h4-5,8,10H,3,6-7,14H2,1-2H3,(H,15,16). The van der Waals surface area contributed by atoms with Gasteiger partial charge in [0.25, 0.3) is 0 Å². The van der Waals surface area contributed by atoms with Crippen molar-refractivity contribution >= 4 is 5.97 Å². The summed E-state index contributed by atoms with van der Waals surface area (Å²) < 4.78 is 5.22. The fourth-order valence-electron chi connectivity index (χ4n) is 1.85. The Hall–Kier alpha value is -1.55. The fraction of sp³-hybridized carbons (Fsp3) is 0.462. The largest absolute Gasteiger partial charge is 0.496 e. The lowest BCUT2D eigenvalue weighted by molar-refractivity contribution is -0.138. The summed E-state index contributed by atoms with van der Waals surface area (Å²) in [5.74, 6) is -0.841. The normalized spacial score (nSPS) is 12.2. The summed E-state index contributed by atoms with van der Waals surface area (Å²) in [5, 5.41) is 9.23. The first-order valence-corrected chi connectivity index (χ1v) is 5.73. The van der Waals surface area contributed by atoms with Crippen LogP contribution in [0.2, 0.25) is 0 Å². The van der Waals surface area contributed by atoms with Crippen molar-refractivity contribution in [3.8, 4) is 5.75 Å². The zero-order valence-electron chi connectivity index (χ0n) is 10.3. The number of aryl methyl sites for hydroxylation is 1. The minimum atomic E-state index is -0.859. The van der Waals surface area contributed by atoms with Gasteiger partial charge in [-0.3, -0.25) is 4.79 Å². The Morgan fingerprint density at radius 2 is 2.24 bits per heavy atom. The number of hydrogen-bond acceptors (Lipinski definition) is 3. The number of benzene rings is 1. The number of hydrogen-bond donors (Lipinski definition) is 2. The van der Waals surface area contributed by atoms with Gasteiger partial charge in [-0.25, -0.2) is 0 Å². The van der Waals surface area contributed by atoms with Crippen molar-refractivity contribution in [1.29, 1.82) is 0 Å². The van der Waals surface area contributed by atoms with Crippen LogP contribution in [0, 0.1) is 0 Å². The van der Waals surface area contributed by atoms with Crippen molar-refractivity contribution in [2.45, 2.75) is 25.7 Å². The predicted octanol–water partition coefficient (Wildman–Crippen LogP) is 1.77. The number of methoxy groups -OCH3 is 1. The molecule has 0 saturated carbocycles. The molecule has 1 aromatic rings. The van der Waals surface area contributed by atoms with E-state index in [4.69, 9.17) is 10.5 Å². The van der Waals surface area contributed by atoms with Gasteiger partial charge in [0, 0.05) is 5.56 Å². The molecule has 1 atom stereocenters. The summed E-state index contributed by atoms with van der Waals surface area (Å²) in [6.07, 6.45) is 1.28. The van der Waals surface area contributed by atoms with E-state index in [0.29, 0.717) is 24.3 Å². The van der Waals surface area contributed by atoms with Crippen LogP contribution in [0.1, 0.15) is 30.4 Å². The number of nitrogens with two attached hydrogens (primary N) is 1. The van der Waals surface area contributed by atoms with Gasteiger partial charge in [0.1, 0.15) is 5.75 Å². The molecule has 0 fully saturated rings. The lowest BCUT2D eigenvalue weighted by Gasteiger charge is -2.16. The topological polar surface area (TPSA) is 72.5 Å². The number of rotatable bonds is 6. The summed E-state index contributed by atoms with van der Waals surface area (Å²) in [4.78, 5) is 11.2. The highest BCUT2D eigenvalue weighted by atomic mass is 16.5. The van der Waals surface area contributed by atoms with E-state index in [1.165, 1.54) is 0 Å². The van der Waals surface area contributed by atoms with Crippen molar-refractivity contribution in [3.05, 3.63) is 29.3 Å². The van der Waals surface area contributed by atoms with Crippen molar-refractivity contribution in [1.82, 2.24) is 0 Å². The molecule has 3 N–H and O–H groups in total. The van der Waals surface area contributed by atoms with E-state index in [1.807, 2.05) is 25.1 Å². The number of ether oxygens (including phenoxy) is 1. The smallest absolute Gasteiger partial charge is 0.311 e. The first-order chi connectivity index (χ1) is 8.13.